The van der Waals surface area contributed by atoms with Gasteiger partial charge in [0.05, 0.1) is 11.1 Å². The molecule has 2 aromatic rings. The number of carbonyl (C=O) groups is 2. The smallest absolute Gasteiger partial charge is 0.276 e. The van der Waals surface area contributed by atoms with Gasteiger partial charge in [-0.05, 0) is 64.7 Å². The maximum atomic E-state index is 12.3. The zero-order valence-electron chi connectivity index (χ0n) is 17.5. The van der Waals surface area contributed by atoms with E-state index in [0.717, 1.165) is 19.3 Å². The van der Waals surface area contributed by atoms with E-state index >= 15 is 0 Å². The van der Waals surface area contributed by atoms with Crippen molar-refractivity contribution < 1.29 is 19.1 Å². The fraction of sp³-hybridized carbons (Fsp3) is 0.391. The van der Waals surface area contributed by atoms with Crippen molar-refractivity contribution in [1.82, 2.24) is 10.9 Å². The number of carbonyl (C=O) groups excluding carboxylic acids is 2. The van der Waals surface area contributed by atoms with Gasteiger partial charge in [0.25, 0.3) is 11.8 Å². The van der Waals surface area contributed by atoms with Gasteiger partial charge in [-0.1, -0.05) is 45.2 Å². The van der Waals surface area contributed by atoms with Gasteiger partial charge >= 0.3 is 0 Å². The third-order valence-electron chi connectivity index (χ3n) is 4.47. The van der Waals surface area contributed by atoms with E-state index in [2.05, 4.69) is 40.6 Å². The lowest BCUT2D eigenvalue weighted by Crippen LogP contribution is -2.43. The molecule has 0 saturated carbocycles. The molecule has 0 unspecified atom stereocenters. The molecule has 6 nitrogen and oxygen atoms in total. The third-order valence-corrected chi connectivity index (χ3v) is 5.09. The first-order chi connectivity index (χ1) is 14.5. The van der Waals surface area contributed by atoms with Crippen LogP contribution >= 0.6 is 15.9 Å². The number of hydrogen-bond acceptors (Lipinski definition) is 4. The molecule has 0 aliphatic carbocycles. The minimum absolute atomic E-state index is 0.194. The molecule has 2 amide bonds. The molecule has 2 N–H and O–H groups in total. The number of nitrogens with one attached hydrogen (secondary N) is 2. The third kappa shape index (κ3) is 8.06. The van der Waals surface area contributed by atoms with Gasteiger partial charge in [-0.25, -0.2) is 0 Å². The van der Waals surface area contributed by atoms with Crippen molar-refractivity contribution in [2.75, 3.05) is 13.2 Å². The lowest BCUT2D eigenvalue weighted by atomic mass is 10.2. The molecule has 0 saturated heterocycles. The summed E-state index contributed by atoms with van der Waals surface area (Å²) in [5.74, 6) is 0.414. The van der Waals surface area contributed by atoms with Crippen molar-refractivity contribution >= 4 is 27.7 Å². The van der Waals surface area contributed by atoms with Gasteiger partial charge in [0.15, 0.2) is 6.61 Å². The summed E-state index contributed by atoms with van der Waals surface area (Å²) in [6.45, 7) is 4.68. The summed E-state index contributed by atoms with van der Waals surface area (Å²) in [6.07, 6.45) is 5.46. The van der Waals surface area contributed by atoms with Gasteiger partial charge in [0, 0.05) is 5.56 Å². The highest BCUT2D eigenvalue weighted by atomic mass is 79.9. The number of halogens is 1. The second kappa shape index (κ2) is 12.9. The van der Waals surface area contributed by atoms with Crippen molar-refractivity contribution in [2.45, 2.75) is 46.0 Å². The lowest BCUT2D eigenvalue weighted by molar-refractivity contribution is -0.123. The maximum Gasteiger partial charge on any atom is 0.276 e. The van der Waals surface area contributed by atoms with Crippen molar-refractivity contribution in [3.05, 3.63) is 58.1 Å². The number of benzene rings is 2. The van der Waals surface area contributed by atoms with Crippen LogP contribution in [0.15, 0.2) is 46.9 Å². The summed E-state index contributed by atoms with van der Waals surface area (Å²) in [6, 6.07) is 12.6. The first kappa shape index (κ1) is 23.7. The maximum absolute atomic E-state index is 12.3. The molecule has 0 bridgehead atoms. The monoisotopic (exact) mass is 476 g/mol. The standard InChI is InChI=1S/C23H29BrN2O4/c1-3-5-6-7-14-29-21-13-10-18(15-20(21)24)23(28)26-25-22(27)16-30-19-11-8-17(4-2)9-12-19/h8-13,15H,3-7,14,16H2,1-2H3,(H,25,27)(H,26,28). The predicted octanol–water partition coefficient (Wildman–Crippen LogP) is 4.81. The molecule has 0 aliphatic rings. The SMILES string of the molecule is CCCCCCOc1ccc(C(=O)NNC(=O)COc2ccc(CC)cc2)cc1Br. The second-order valence-electron chi connectivity index (χ2n) is 6.84. The van der Waals surface area contributed by atoms with Crippen molar-refractivity contribution in [1.29, 1.82) is 0 Å². The molecule has 0 aliphatic heterocycles. The Balaban J connectivity index is 1.75. The zero-order valence-corrected chi connectivity index (χ0v) is 19.1. The highest BCUT2D eigenvalue weighted by Gasteiger charge is 2.11. The molecule has 2 rings (SSSR count). The summed E-state index contributed by atoms with van der Waals surface area (Å²) in [4.78, 5) is 24.2. The van der Waals surface area contributed by atoms with E-state index in [1.165, 1.54) is 18.4 Å². The average molecular weight is 477 g/mol. The zero-order chi connectivity index (χ0) is 21.8. The van der Waals surface area contributed by atoms with Crippen LogP contribution in [0, 0.1) is 0 Å². The van der Waals surface area contributed by atoms with Gasteiger partial charge in [-0.3, -0.25) is 20.4 Å². The first-order valence-electron chi connectivity index (χ1n) is 10.3. The van der Waals surface area contributed by atoms with Crippen LogP contribution in [-0.4, -0.2) is 25.0 Å². The van der Waals surface area contributed by atoms with Crippen LogP contribution < -0.4 is 20.3 Å². The molecular weight excluding hydrogens is 448 g/mol. The van der Waals surface area contributed by atoms with E-state index in [4.69, 9.17) is 9.47 Å². The topological polar surface area (TPSA) is 76.7 Å². The molecule has 7 heteroatoms. The summed E-state index contributed by atoms with van der Waals surface area (Å²) >= 11 is 3.43. The molecule has 0 aromatic heterocycles. The number of hydrazine groups is 1. The van der Waals surface area contributed by atoms with E-state index in [0.29, 0.717) is 28.1 Å². The molecule has 2 aromatic carbocycles. The van der Waals surface area contributed by atoms with Crippen LogP contribution in [0.2, 0.25) is 0 Å². The van der Waals surface area contributed by atoms with Gasteiger partial charge in [-0.2, -0.15) is 0 Å². The Labute approximate surface area is 186 Å². The normalized spacial score (nSPS) is 10.4. The summed E-state index contributed by atoms with van der Waals surface area (Å²) in [5.41, 5.74) is 6.33. The Bertz CT molecular complexity index is 824. The van der Waals surface area contributed by atoms with Crippen LogP contribution in [0.25, 0.3) is 0 Å². The fourth-order valence-corrected chi connectivity index (χ4v) is 3.17. The number of amides is 2. The van der Waals surface area contributed by atoms with Crippen LogP contribution in [-0.2, 0) is 11.2 Å². The highest BCUT2D eigenvalue weighted by Crippen LogP contribution is 2.26. The summed E-state index contributed by atoms with van der Waals surface area (Å²) in [5, 5.41) is 0. The van der Waals surface area contributed by atoms with Gasteiger partial charge in [0.2, 0.25) is 0 Å². The number of aryl methyl sites for hydroxylation is 1. The minimum atomic E-state index is -0.450. The van der Waals surface area contributed by atoms with Gasteiger partial charge in [-0.15, -0.1) is 0 Å². The van der Waals surface area contributed by atoms with Crippen LogP contribution in [0.1, 0.15) is 55.5 Å². The second-order valence-corrected chi connectivity index (χ2v) is 7.70. The lowest BCUT2D eigenvalue weighted by Gasteiger charge is -2.11. The van der Waals surface area contributed by atoms with Crippen LogP contribution in [0.4, 0.5) is 0 Å². The minimum Gasteiger partial charge on any atom is -0.492 e. The molecule has 0 spiro atoms. The van der Waals surface area contributed by atoms with E-state index in [1.54, 1.807) is 18.2 Å². The number of unbranched alkanes of at least 4 members (excludes halogenated alkanes) is 3. The van der Waals surface area contributed by atoms with Gasteiger partial charge < -0.3 is 9.47 Å². The number of hydrogen-bond donors (Lipinski definition) is 2. The van der Waals surface area contributed by atoms with Gasteiger partial charge in [0.1, 0.15) is 11.5 Å². The molecule has 0 atom stereocenters. The quantitative estimate of drug-likeness (QED) is 0.360. The Morgan fingerprint density at radius 2 is 1.70 bits per heavy atom. The predicted molar refractivity (Wildman–Crippen MR) is 121 cm³/mol. The summed E-state index contributed by atoms with van der Waals surface area (Å²) < 4.78 is 11.8. The van der Waals surface area contributed by atoms with E-state index in [9.17, 15) is 9.59 Å². The van der Waals surface area contributed by atoms with Crippen LogP contribution in [0.5, 0.6) is 11.5 Å². The molecule has 30 heavy (non-hydrogen) atoms. The first-order valence-corrected chi connectivity index (χ1v) is 11.1. The number of ether oxygens (including phenoxy) is 2. The Hall–Kier alpha value is -2.54. The van der Waals surface area contributed by atoms with E-state index < -0.39 is 11.8 Å². The fourth-order valence-electron chi connectivity index (χ4n) is 2.68. The van der Waals surface area contributed by atoms with Crippen molar-refractivity contribution in [3.63, 3.8) is 0 Å². The number of rotatable bonds is 11. The Morgan fingerprint density at radius 3 is 2.37 bits per heavy atom. The van der Waals surface area contributed by atoms with Crippen LogP contribution in [0.3, 0.4) is 0 Å². The molecule has 0 heterocycles. The van der Waals surface area contributed by atoms with Crippen molar-refractivity contribution in [3.8, 4) is 11.5 Å². The molecule has 0 fully saturated rings. The molecule has 0 radical (unpaired) electrons. The summed E-state index contributed by atoms with van der Waals surface area (Å²) in [7, 11) is 0. The van der Waals surface area contributed by atoms with Crippen molar-refractivity contribution in [2.24, 2.45) is 0 Å². The average Bonchev–Trinajstić information content (AvgIpc) is 2.77. The Kier molecular flexibility index (Phi) is 10.2. The largest absolute Gasteiger partial charge is 0.492 e. The molecular formula is C23H29BrN2O4. The highest BCUT2D eigenvalue weighted by molar-refractivity contribution is 9.10. The van der Waals surface area contributed by atoms with E-state index in [1.807, 2.05) is 24.3 Å². The van der Waals surface area contributed by atoms with E-state index in [-0.39, 0.29) is 6.61 Å². The molecule has 162 valence electrons. The Morgan fingerprint density at radius 1 is 0.933 bits per heavy atom.